The number of aromatic amines is 1. The molecule has 0 aliphatic heterocycles. The fraction of sp³-hybridized carbons (Fsp3) is 0.118. The third-order valence-corrected chi connectivity index (χ3v) is 3.57. The van der Waals surface area contributed by atoms with Crippen LogP contribution in [0.25, 0.3) is 33.3 Å². The molecule has 0 spiro atoms. The second-order valence-corrected chi connectivity index (χ2v) is 5.82. The zero-order valence-electron chi connectivity index (χ0n) is 13.0. The molecular formula is C17H14N2O4S. The number of hydrogen-bond acceptors (Lipinski definition) is 5. The molecule has 0 radical (unpaired) electrons. The Bertz CT molecular complexity index is 1070. The van der Waals surface area contributed by atoms with Crippen molar-refractivity contribution in [2.45, 2.75) is 13.8 Å². The Hall–Kier alpha value is -2.93. The molecule has 24 heavy (non-hydrogen) atoms. The van der Waals surface area contributed by atoms with Crippen molar-refractivity contribution in [3.05, 3.63) is 53.9 Å². The summed E-state index contributed by atoms with van der Waals surface area (Å²) in [4.78, 5) is 7.70. The van der Waals surface area contributed by atoms with Crippen LogP contribution in [0.4, 0.5) is 0 Å². The van der Waals surface area contributed by atoms with Crippen LogP contribution in [0.5, 0.6) is 0 Å². The minimum atomic E-state index is -3.11. The molecule has 0 unspecified atom stereocenters. The molecule has 0 amide bonds. The van der Waals surface area contributed by atoms with Crippen LogP contribution in [0.15, 0.2) is 46.9 Å². The number of hydrogen-bond donors (Lipinski definition) is 1. The summed E-state index contributed by atoms with van der Waals surface area (Å²) in [5, 5.41) is 1.09. The molecule has 0 aliphatic rings. The monoisotopic (exact) mass is 342 g/mol. The highest BCUT2D eigenvalue weighted by atomic mass is 32.2. The highest BCUT2D eigenvalue weighted by Crippen LogP contribution is 2.30. The normalized spacial score (nSPS) is 10.6. The van der Waals surface area contributed by atoms with Gasteiger partial charge >= 0.3 is 10.6 Å². The maximum absolute atomic E-state index is 8.44. The average molecular weight is 342 g/mol. The first-order valence-electron chi connectivity index (χ1n) is 7.16. The Morgan fingerprint density at radius 3 is 2.33 bits per heavy atom. The fourth-order valence-corrected chi connectivity index (χ4v) is 2.53. The first kappa shape index (κ1) is 15.9. The van der Waals surface area contributed by atoms with Crippen LogP contribution in [0, 0.1) is 13.8 Å². The van der Waals surface area contributed by atoms with E-state index in [0.717, 1.165) is 39.2 Å². The maximum Gasteiger partial charge on any atom is 0.425 e. The van der Waals surface area contributed by atoms with E-state index in [2.05, 4.69) is 53.3 Å². The van der Waals surface area contributed by atoms with Crippen molar-refractivity contribution >= 4 is 32.6 Å². The standard InChI is InChI=1S/C17H14N2O.O3S/c1-10-3-5-12(6-4-10)16-8-13-7-14-15(9-17(13)20-16)19-11(2)18-14;1-4(2)3/h3-9H,1-2H3,(H,18,19);. The molecule has 1 N–H and O–H groups in total. The van der Waals surface area contributed by atoms with Crippen molar-refractivity contribution in [3.8, 4) is 11.3 Å². The van der Waals surface area contributed by atoms with E-state index in [4.69, 9.17) is 17.0 Å². The molecule has 2 heterocycles. The van der Waals surface area contributed by atoms with Gasteiger partial charge in [0.1, 0.15) is 17.2 Å². The van der Waals surface area contributed by atoms with E-state index in [9.17, 15) is 0 Å². The number of fused-ring (bicyclic) bond motifs is 2. The predicted octanol–water partition coefficient (Wildman–Crippen LogP) is 3.59. The molecule has 4 aromatic rings. The number of benzene rings is 2. The largest absolute Gasteiger partial charge is 0.456 e. The van der Waals surface area contributed by atoms with Gasteiger partial charge in [0, 0.05) is 17.0 Å². The van der Waals surface area contributed by atoms with Gasteiger partial charge in [0.15, 0.2) is 0 Å². The van der Waals surface area contributed by atoms with Crippen LogP contribution < -0.4 is 0 Å². The number of aromatic nitrogens is 2. The van der Waals surface area contributed by atoms with Crippen molar-refractivity contribution in [2.24, 2.45) is 0 Å². The molecule has 0 bridgehead atoms. The minimum absolute atomic E-state index is 0.875. The van der Waals surface area contributed by atoms with Crippen LogP contribution in [0.1, 0.15) is 11.4 Å². The summed E-state index contributed by atoms with van der Waals surface area (Å²) in [5.41, 5.74) is 5.21. The van der Waals surface area contributed by atoms with Gasteiger partial charge in [-0.2, -0.15) is 0 Å². The van der Waals surface area contributed by atoms with Gasteiger partial charge < -0.3 is 9.40 Å². The predicted molar refractivity (Wildman–Crippen MR) is 90.5 cm³/mol. The molecule has 0 saturated carbocycles. The van der Waals surface area contributed by atoms with E-state index in [1.165, 1.54) is 5.56 Å². The number of furan rings is 1. The average Bonchev–Trinajstić information content (AvgIpc) is 3.06. The van der Waals surface area contributed by atoms with Gasteiger partial charge in [-0.1, -0.05) is 29.8 Å². The first-order valence-corrected chi connectivity index (χ1v) is 8.16. The van der Waals surface area contributed by atoms with Crippen LogP contribution in [-0.2, 0) is 10.6 Å². The van der Waals surface area contributed by atoms with Gasteiger partial charge in [0.05, 0.1) is 11.0 Å². The topological polar surface area (TPSA) is 93.0 Å². The lowest BCUT2D eigenvalue weighted by Gasteiger charge is -1.96. The quantitative estimate of drug-likeness (QED) is 0.570. The molecule has 122 valence electrons. The molecule has 0 atom stereocenters. The lowest BCUT2D eigenvalue weighted by atomic mass is 10.1. The van der Waals surface area contributed by atoms with E-state index in [1.807, 2.05) is 13.0 Å². The van der Waals surface area contributed by atoms with Crippen molar-refractivity contribution in [3.63, 3.8) is 0 Å². The highest BCUT2D eigenvalue weighted by Gasteiger charge is 2.09. The third-order valence-electron chi connectivity index (χ3n) is 3.57. The maximum atomic E-state index is 8.44. The smallest absolute Gasteiger partial charge is 0.425 e. The third kappa shape index (κ3) is 3.36. The van der Waals surface area contributed by atoms with Gasteiger partial charge in [-0.15, -0.1) is 12.6 Å². The molecule has 2 aromatic carbocycles. The summed E-state index contributed by atoms with van der Waals surface area (Å²) in [5.74, 6) is 1.82. The van der Waals surface area contributed by atoms with Crippen molar-refractivity contribution < 1.29 is 17.0 Å². The van der Waals surface area contributed by atoms with E-state index < -0.39 is 10.6 Å². The number of aryl methyl sites for hydroxylation is 2. The Morgan fingerprint density at radius 1 is 1.00 bits per heavy atom. The number of nitrogens with zero attached hydrogens (tertiary/aromatic N) is 1. The zero-order valence-corrected chi connectivity index (χ0v) is 13.8. The number of rotatable bonds is 1. The molecule has 6 nitrogen and oxygen atoms in total. The Kier molecular flexibility index (Phi) is 4.18. The van der Waals surface area contributed by atoms with Gasteiger partial charge in [-0.25, -0.2) is 4.98 Å². The number of imidazole rings is 1. The summed E-state index contributed by atoms with van der Waals surface area (Å²) in [6.45, 7) is 4.04. The van der Waals surface area contributed by atoms with Crippen LogP contribution >= 0.6 is 0 Å². The Balaban J connectivity index is 0.000000383. The Labute approximate surface area is 139 Å². The van der Waals surface area contributed by atoms with Crippen molar-refractivity contribution in [2.75, 3.05) is 0 Å². The molecule has 0 saturated heterocycles. The summed E-state index contributed by atoms with van der Waals surface area (Å²) in [6, 6.07) is 14.5. The van der Waals surface area contributed by atoms with Crippen molar-refractivity contribution in [1.29, 1.82) is 0 Å². The van der Waals surface area contributed by atoms with Crippen LogP contribution in [0.2, 0.25) is 0 Å². The lowest BCUT2D eigenvalue weighted by Crippen LogP contribution is -1.74. The molecule has 4 rings (SSSR count). The second-order valence-electron chi connectivity index (χ2n) is 5.41. The van der Waals surface area contributed by atoms with Gasteiger partial charge in [-0.05, 0) is 26.0 Å². The second kappa shape index (κ2) is 6.29. The molecule has 7 heteroatoms. The highest BCUT2D eigenvalue weighted by molar-refractivity contribution is 7.59. The summed E-state index contributed by atoms with van der Waals surface area (Å²) >= 11 is 0. The molecule has 2 aromatic heterocycles. The zero-order chi connectivity index (χ0) is 17.3. The molecule has 0 fully saturated rings. The minimum Gasteiger partial charge on any atom is -0.456 e. The van der Waals surface area contributed by atoms with E-state index in [1.54, 1.807) is 0 Å². The first-order chi connectivity index (χ1) is 11.4. The van der Waals surface area contributed by atoms with E-state index >= 15 is 0 Å². The number of H-pyrrole nitrogens is 1. The van der Waals surface area contributed by atoms with Gasteiger partial charge in [0.2, 0.25) is 0 Å². The van der Waals surface area contributed by atoms with Crippen molar-refractivity contribution in [1.82, 2.24) is 9.97 Å². The lowest BCUT2D eigenvalue weighted by molar-refractivity contribution is 0.559. The van der Waals surface area contributed by atoms with Crippen LogP contribution in [0.3, 0.4) is 0 Å². The fourth-order valence-electron chi connectivity index (χ4n) is 2.53. The van der Waals surface area contributed by atoms with E-state index in [-0.39, 0.29) is 0 Å². The molecule has 0 aliphatic carbocycles. The van der Waals surface area contributed by atoms with E-state index in [0.29, 0.717) is 0 Å². The Morgan fingerprint density at radius 2 is 1.67 bits per heavy atom. The SMILES string of the molecule is Cc1ccc(-c2cc3cc4[nH]c(C)nc4cc3o2)cc1.O=S(=O)=O. The van der Waals surface area contributed by atoms with Crippen LogP contribution in [-0.4, -0.2) is 22.6 Å². The van der Waals surface area contributed by atoms with Gasteiger partial charge in [0.25, 0.3) is 0 Å². The molecular weight excluding hydrogens is 328 g/mol. The van der Waals surface area contributed by atoms with Gasteiger partial charge in [-0.3, -0.25) is 0 Å². The summed E-state index contributed by atoms with van der Waals surface area (Å²) in [7, 11) is -3.11. The summed E-state index contributed by atoms with van der Waals surface area (Å²) in [6.07, 6.45) is 0. The summed E-state index contributed by atoms with van der Waals surface area (Å²) < 4.78 is 31.3. The number of nitrogens with one attached hydrogen (secondary N) is 1.